The molecule has 5 rings (SSSR count). The SMILES string of the molecule is CNCc1cc(-c2ccccc2F)n(S(=O)(=O)c2cccc(-c3ccc4c(c3)CCO4)c2)c1. The zero-order valence-corrected chi connectivity index (χ0v) is 18.9. The number of rotatable bonds is 6. The van der Waals surface area contributed by atoms with Crippen LogP contribution in [0.1, 0.15) is 11.1 Å². The number of aromatic nitrogens is 1. The van der Waals surface area contributed by atoms with Crippen molar-refractivity contribution in [3.63, 3.8) is 0 Å². The lowest BCUT2D eigenvalue weighted by Crippen LogP contribution is -2.14. The Labute approximate surface area is 192 Å². The average Bonchev–Trinajstić information content (AvgIpc) is 3.47. The largest absolute Gasteiger partial charge is 0.493 e. The molecule has 3 aromatic carbocycles. The Morgan fingerprint density at radius 1 is 1.00 bits per heavy atom. The van der Waals surface area contributed by atoms with E-state index < -0.39 is 15.8 Å². The first-order valence-corrected chi connectivity index (χ1v) is 12.1. The standard InChI is InChI=1S/C26H23FN2O3S/c1-28-16-18-13-25(23-7-2-3-8-24(23)27)29(17-18)33(30,31)22-6-4-5-19(15-22)20-9-10-26-21(14-20)11-12-32-26/h2-10,13-15,17,28H,11-12,16H2,1H3. The quantitative estimate of drug-likeness (QED) is 0.445. The van der Waals surface area contributed by atoms with Crippen LogP contribution in [-0.4, -0.2) is 26.0 Å². The molecule has 33 heavy (non-hydrogen) atoms. The zero-order chi connectivity index (χ0) is 23.0. The highest BCUT2D eigenvalue weighted by atomic mass is 32.2. The summed E-state index contributed by atoms with van der Waals surface area (Å²) in [6.07, 6.45) is 2.39. The minimum atomic E-state index is -3.98. The predicted molar refractivity (Wildman–Crippen MR) is 126 cm³/mol. The van der Waals surface area contributed by atoms with Gasteiger partial charge in [-0.05, 0) is 71.8 Å². The fraction of sp³-hybridized carbons (Fsp3) is 0.154. The van der Waals surface area contributed by atoms with Gasteiger partial charge in [-0.2, -0.15) is 0 Å². The lowest BCUT2D eigenvalue weighted by molar-refractivity contribution is 0.357. The van der Waals surface area contributed by atoms with Gasteiger partial charge in [0.25, 0.3) is 10.0 Å². The molecule has 0 spiro atoms. The fourth-order valence-corrected chi connectivity index (χ4v) is 5.62. The summed E-state index contributed by atoms with van der Waals surface area (Å²) < 4.78 is 48.8. The molecule has 168 valence electrons. The van der Waals surface area contributed by atoms with Crippen LogP contribution in [0.25, 0.3) is 22.4 Å². The summed E-state index contributed by atoms with van der Waals surface area (Å²) in [7, 11) is -2.20. The molecule has 0 radical (unpaired) electrons. The molecule has 0 amide bonds. The Morgan fingerprint density at radius 2 is 1.82 bits per heavy atom. The van der Waals surface area contributed by atoms with E-state index in [2.05, 4.69) is 5.32 Å². The van der Waals surface area contributed by atoms with Crippen molar-refractivity contribution < 1.29 is 17.5 Å². The Bertz CT molecular complexity index is 1440. The lowest BCUT2D eigenvalue weighted by Gasteiger charge is -2.13. The van der Waals surface area contributed by atoms with Gasteiger partial charge in [0.2, 0.25) is 0 Å². The van der Waals surface area contributed by atoms with Crippen LogP contribution in [0.15, 0.2) is 83.9 Å². The number of nitrogens with one attached hydrogen (secondary N) is 1. The third-order valence-electron chi connectivity index (χ3n) is 5.79. The highest BCUT2D eigenvalue weighted by Gasteiger charge is 2.24. The van der Waals surface area contributed by atoms with E-state index in [1.165, 1.54) is 10.0 Å². The molecule has 0 fully saturated rings. The second-order valence-corrected chi connectivity index (χ2v) is 9.81. The van der Waals surface area contributed by atoms with Gasteiger partial charge >= 0.3 is 0 Å². The summed E-state index contributed by atoms with van der Waals surface area (Å²) in [6.45, 7) is 1.12. The van der Waals surface area contributed by atoms with Gasteiger partial charge in [0.05, 0.1) is 17.2 Å². The summed E-state index contributed by atoms with van der Waals surface area (Å²) in [5.74, 6) is 0.402. The van der Waals surface area contributed by atoms with Gasteiger partial charge in [0, 0.05) is 24.7 Å². The van der Waals surface area contributed by atoms with Crippen LogP contribution in [0.5, 0.6) is 5.75 Å². The van der Waals surface area contributed by atoms with Crippen LogP contribution in [-0.2, 0) is 23.0 Å². The Morgan fingerprint density at radius 3 is 2.64 bits per heavy atom. The van der Waals surface area contributed by atoms with Crippen LogP contribution in [0.4, 0.5) is 4.39 Å². The first-order chi connectivity index (χ1) is 16.0. The number of hydrogen-bond donors (Lipinski definition) is 1. The third kappa shape index (κ3) is 3.94. The lowest BCUT2D eigenvalue weighted by atomic mass is 10.0. The van der Waals surface area contributed by atoms with E-state index in [1.54, 1.807) is 55.7 Å². The predicted octanol–water partition coefficient (Wildman–Crippen LogP) is 4.85. The molecular formula is C26H23FN2O3S. The van der Waals surface area contributed by atoms with Crippen molar-refractivity contribution in [1.29, 1.82) is 0 Å². The molecule has 0 bridgehead atoms. The van der Waals surface area contributed by atoms with Gasteiger partial charge < -0.3 is 10.1 Å². The van der Waals surface area contributed by atoms with E-state index in [-0.39, 0.29) is 10.5 Å². The molecule has 0 unspecified atom stereocenters. The van der Waals surface area contributed by atoms with Crippen LogP contribution in [0.3, 0.4) is 0 Å². The van der Waals surface area contributed by atoms with Crippen molar-refractivity contribution in [2.45, 2.75) is 17.9 Å². The fourth-order valence-electron chi connectivity index (χ4n) is 4.18. The number of hydrogen-bond acceptors (Lipinski definition) is 4. The average molecular weight is 463 g/mol. The molecule has 4 aromatic rings. The minimum Gasteiger partial charge on any atom is -0.493 e. The van der Waals surface area contributed by atoms with Crippen molar-refractivity contribution in [3.05, 3.63) is 95.9 Å². The van der Waals surface area contributed by atoms with Crippen molar-refractivity contribution in [2.75, 3.05) is 13.7 Å². The van der Waals surface area contributed by atoms with Crippen LogP contribution < -0.4 is 10.1 Å². The van der Waals surface area contributed by atoms with E-state index in [0.29, 0.717) is 18.8 Å². The Balaban J connectivity index is 1.61. The number of benzene rings is 3. The number of ether oxygens (including phenoxy) is 1. The number of nitrogens with zero attached hydrogens (tertiary/aromatic N) is 1. The smallest absolute Gasteiger partial charge is 0.268 e. The molecule has 0 aliphatic carbocycles. The third-order valence-corrected chi connectivity index (χ3v) is 7.46. The van der Waals surface area contributed by atoms with E-state index in [9.17, 15) is 12.8 Å². The summed E-state index contributed by atoms with van der Waals surface area (Å²) in [5.41, 5.74) is 4.10. The van der Waals surface area contributed by atoms with Crippen molar-refractivity contribution in [1.82, 2.24) is 9.29 Å². The number of halogens is 1. The minimum absolute atomic E-state index is 0.140. The number of fused-ring (bicyclic) bond motifs is 1. The molecule has 5 nitrogen and oxygen atoms in total. The van der Waals surface area contributed by atoms with Crippen molar-refractivity contribution in [2.24, 2.45) is 0 Å². The van der Waals surface area contributed by atoms with Crippen LogP contribution in [0, 0.1) is 5.82 Å². The van der Waals surface area contributed by atoms with Crippen molar-refractivity contribution >= 4 is 10.0 Å². The second-order valence-electron chi connectivity index (χ2n) is 7.99. The maximum atomic E-state index is 14.6. The van der Waals surface area contributed by atoms with Gasteiger partial charge in [-0.1, -0.05) is 30.3 Å². The highest BCUT2D eigenvalue weighted by molar-refractivity contribution is 7.90. The van der Waals surface area contributed by atoms with E-state index in [0.717, 1.165) is 34.4 Å². The van der Waals surface area contributed by atoms with Gasteiger partial charge in [-0.3, -0.25) is 0 Å². The Hall–Kier alpha value is -3.42. The highest BCUT2D eigenvalue weighted by Crippen LogP contribution is 2.33. The Kier molecular flexibility index (Phi) is 5.52. The van der Waals surface area contributed by atoms with Crippen LogP contribution in [0.2, 0.25) is 0 Å². The monoisotopic (exact) mass is 462 g/mol. The maximum Gasteiger partial charge on any atom is 0.268 e. The van der Waals surface area contributed by atoms with Crippen molar-refractivity contribution in [3.8, 4) is 28.1 Å². The topological polar surface area (TPSA) is 60.3 Å². The van der Waals surface area contributed by atoms with Gasteiger partial charge in [0.1, 0.15) is 11.6 Å². The molecule has 0 saturated heterocycles. The second kappa shape index (κ2) is 8.50. The molecular weight excluding hydrogens is 439 g/mol. The molecule has 1 N–H and O–H groups in total. The maximum absolute atomic E-state index is 14.6. The van der Waals surface area contributed by atoms with E-state index in [1.807, 2.05) is 24.3 Å². The first kappa shape index (κ1) is 21.4. The van der Waals surface area contributed by atoms with Crippen LogP contribution >= 0.6 is 0 Å². The van der Waals surface area contributed by atoms with Gasteiger partial charge in [-0.15, -0.1) is 0 Å². The molecule has 2 heterocycles. The molecule has 1 aliphatic heterocycles. The van der Waals surface area contributed by atoms with E-state index >= 15 is 0 Å². The van der Waals surface area contributed by atoms with Gasteiger partial charge in [-0.25, -0.2) is 16.8 Å². The van der Waals surface area contributed by atoms with Gasteiger partial charge in [0.15, 0.2) is 0 Å². The summed E-state index contributed by atoms with van der Waals surface area (Å²) in [4.78, 5) is 0.140. The molecule has 0 atom stereocenters. The molecule has 7 heteroatoms. The molecule has 1 aliphatic rings. The summed E-state index contributed by atoms with van der Waals surface area (Å²) in [5, 5.41) is 3.02. The molecule has 1 aromatic heterocycles. The first-order valence-electron chi connectivity index (χ1n) is 10.7. The normalized spacial score (nSPS) is 13.0. The summed E-state index contributed by atoms with van der Waals surface area (Å²) >= 11 is 0. The summed E-state index contributed by atoms with van der Waals surface area (Å²) in [6, 6.07) is 20.6. The van der Waals surface area contributed by atoms with E-state index in [4.69, 9.17) is 4.74 Å². The zero-order valence-electron chi connectivity index (χ0n) is 18.1. The molecule has 0 saturated carbocycles.